The average Bonchev–Trinajstić information content (AvgIpc) is 2.17. The Balaban J connectivity index is 3.03. The van der Waals surface area contributed by atoms with Crippen LogP contribution >= 0.6 is 0 Å². The largest absolute Gasteiger partial charge is 0.508 e. The summed E-state index contributed by atoms with van der Waals surface area (Å²) in [7, 11) is 0. The molecule has 16 heavy (non-hydrogen) atoms. The molecule has 5 nitrogen and oxygen atoms in total. The van der Waals surface area contributed by atoms with Crippen LogP contribution in [0.25, 0.3) is 6.08 Å². The minimum absolute atomic E-state index is 0.00278. The molecule has 0 aliphatic heterocycles. The monoisotopic (exact) mass is 231 g/mol. The maximum atomic E-state index is 12.0. The van der Waals surface area contributed by atoms with Crippen molar-refractivity contribution < 1.29 is 23.5 Å². The molecule has 0 aliphatic rings. The van der Waals surface area contributed by atoms with Gasteiger partial charge in [0, 0.05) is 11.6 Å². The standard InChI is InChI=1S/C9H7F2NO4/c10-9(11)16-8-2-1-7(13)5-6(8)3-4-12(14)15/h1-5,9,13H/b4-3+. The van der Waals surface area contributed by atoms with Gasteiger partial charge in [-0.3, -0.25) is 10.1 Å². The van der Waals surface area contributed by atoms with Gasteiger partial charge in [0.05, 0.1) is 4.92 Å². The molecule has 1 N–H and O–H groups in total. The van der Waals surface area contributed by atoms with Gasteiger partial charge in [-0.1, -0.05) is 0 Å². The molecule has 1 aromatic rings. The Bertz CT molecular complexity index is 420. The van der Waals surface area contributed by atoms with Gasteiger partial charge in [-0.15, -0.1) is 0 Å². The summed E-state index contributed by atoms with van der Waals surface area (Å²) in [6.45, 7) is -3.03. The summed E-state index contributed by atoms with van der Waals surface area (Å²) < 4.78 is 28.0. The summed E-state index contributed by atoms with van der Waals surface area (Å²) >= 11 is 0. The van der Waals surface area contributed by atoms with Crippen LogP contribution in [0.5, 0.6) is 11.5 Å². The summed E-state index contributed by atoms with van der Waals surface area (Å²) in [4.78, 5) is 9.30. The fourth-order valence-electron chi connectivity index (χ4n) is 1.01. The van der Waals surface area contributed by atoms with Crippen molar-refractivity contribution >= 4 is 6.08 Å². The first kappa shape index (κ1) is 11.9. The zero-order valence-electron chi connectivity index (χ0n) is 7.84. The van der Waals surface area contributed by atoms with Crippen molar-refractivity contribution in [1.82, 2.24) is 0 Å². The molecule has 0 saturated carbocycles. The number of nitro groups is 1. The summed E-state index contributed by atoms with van der Waals surface area (Å²) in [5.74, 6) is -0.449. The van der Waals surface area contributed by atoms with Crippen LogP contribution in [-0.2, 0) is 0 Å². The van der Waals surface area contributed by atoms with Gasteiger partial charge in [-0.2, -0.15) is 8.78 Å². The van der Waals surface area contributed by atoms with Gasteiger partial charge < -0.3 is 9.84 Å². The molecule has 0 atom stereocenters. The Morgan fingerprint density at radius 3 is 2.75 bits per heavy atom. The predicted molar refractivity (Wildman–Crippen MR) is 50.8 cm³/mol. The Labute approximate surface area is 88.7 Å². The molecule has 0 aliphatic carbocycles. The normalized spacial score (nSPS) is 10.9. The SMILES string of the molecule is O=[N+]([O-])/C=C/c1cc(O)ccc1OC(F)F. The van der Waals surface area contributed by atoms with Crippen LogP contribution in [0.1, 0.15) is 5.56 Å². The summed E-state index contributed by atoms with van der Waals surface area (Å²) in [6, 6.07) is 3.32. The second-order valence-corrected chi connectivity index (χ2v) is 2.70. The molecule has 0 unspecified atom stereocenters. The van der Waals surface area contributed by atoms with Crippen molar-refractivity contribution in [2.45, 2.75) is 6.61 Å². The maximum Gasteiger partial charge on any atom is 0.387 e. The molecule has 1 aromatic carbocycles. The van der Waals surface area contributed by atoms with Gasteiger partial charge in [0.25, 0.3) is 0 Å². The molecule has 0 fully saturated rings. The fraction of sp³-hybridized carbons (Fsp3) is 0.111. The number of hydrogen-bond acceptors (Lipinski definition) is 4. The van der Waals surface area contributed by atoms with Gasteiger partial charge in [-0.05, 0) is 18.2 Å². The Morgan fingerprint density at radius 2 is 2.19 bits per heavy atom. The maximum absolute atomic E-state index is 12.0. The molecule has 0 aromatic heterocycles. The van der Waals surface area contributed by atoms with Gasteiger partial charge in [0.2, 0.25) is 6.20 Å². The van der Waals surface area contributed by atoms with E-state index in [9.17, 15) is 18.9 Å². The number of aromatic hydroxyl groups is 1. The molecule has 0 bridgehead atoms. The summed E-state index contributed by atoms with van der Waals surface area (Å²) in [6.07, 6.45) is 1.52. The van der Waals surface area contributed by atoms with Crippen LogP contribution < -0.4 is 4.74 Å². The molecule has 7 heteroatoms. The third kappa shape index (κ3) is 3.52. The second kappa shape index (κ2) is 5.06. The van der Waals surface area contributed by atoms with E-state index in [1.165, 1.54) is 0 Å². The van der Waals surface area contributed by atoms with Gasteiger partial charge in [0.1, 0.15) is 11.5 Å². The van der Waals surface area contributed by atoms with Gasteiger partial charge in [0.15, 0.2) is 0 Å². The van der Waals surface area contributed by atoms with E-state index >= 15 is 0 Å². The third-order valence-corrected chi connectivity index (χ3v) is 1.59. The van der Waals surface area contributed by atoms with Crippen LogP contribution in [0.2, 0.25) is 0 Å². The minimum atomic E-state index is -3.03. The highest BCUT2D eigenvalue weighted by Crippen LogP contribution is 2.26. The van der Waals surface area contributed by atoms with E-state index < -0.39 is 11.5 Å². The topological polar surface area (TPSA) is 72.6 Å². The molecule has 86 valence electrons. The van der Waals surface area contributed by atoms with Crippen molar-refractivity contribution in [2.75, 3.05) is 0 Å². The fourth-order valence-corrected chi connectivity index (χ4v) is 1.01. The molecular formula is C9H7F2NO4. The van der Waals surface area contributed by atoms with Crippen molar-refractivity contribution in [3.63, 3.8) is 0 Å². The van der Waals surface area contributed by atoms with E-state index in [1.807, 2.05) is 0 Å². The van der Waals surface area contributed by atoms with Crippen molar-refractivity contribution in [1.29, 1.82) is 0 Å². The lowest BCUT2D eigenvalue weighted by Gasteiger charge is -2.07. The van der Waals surface area contributed by atoms with Crippen LogP contribution in [0.3, 0.4) is 0 Å². The molecule has 0 spiro atoms. The quantitative estimate of drug-likeness (QED) is 0.637. The highest BCUT2D eigenvalue weighted by Gasteiger charge is 2.09. The van der Waals surface area contributed by atoms with Crippen LogP contribution in [-0.4, -0.2) is 16.6 Å². The van der Waals surface area contributed by atoms with E-state index in [0.29, 0.717) is 6.20 Å². The number of phenols is 1. The number of benzene rings is 1. The van der Waals surface area contributed by atoms with Crippen molar-refractivity contribution in [3.05, 3.63) is 40.1 Å². The minimum Gasteiger partial charge on any atom is -0.508 e. The van der Waals surface area contributed by atoms with E-state index in [0.717, 1.165) is 24.3 Å². The first-order valence-corrected chi connectivity index (χ1v) is 4.08. The predicted octanol–water partition coefficient (Wildman–Crippen LogP) is 2.24. The lowest BCUT2D eigenvalue weighted by Crippen LogP contribution is -2.03. The molecule has 0 heterocycles. The third-order valence-electron chi connectivity index (χ3n) is 1.59. The Kier molecular flexibility index (Phi) is 3.76. The Hall–Kier alpha value is -2.18. The zero-order chi connectivity index (χ0) is 12.1. The second-order valence-electron chi connectivity index (χ2n) is 2.70. The van der Waals surface area contributed by atoms with Crippen LogP contribution in [0.15, 0.2) is 24.4 Å². The number of alkyl halides is 2. The van der Waals surface area contributed by atoms with Gasteiger partial charge >= 0.3 is 6.61 Å². The van der Waals surface area contributed by atoms with Crippen LogP contribution in [0, 0.1) is 10.1 Å². The van der Waals surface area contributed by atoms with Crippen molar-refractivity contribution in [3.8, 4) is 11.5 Å². The molecular weight excluding hydrogens is 224 g/mol. The van der Waals surface area contributed by atoms with E-state index in [4.69, 9.17) is 5.11 Å². The van der Waals surface area contributed by atoms with E-state index in [2.05, 4.69) is 4.74 Å². The number of halogens is 2. The van der Waals surface area contributed by atoms with E-state index in [1.54, 1.807) is 0 Å². The average molecular weight is 231 g/mol. The highest BCUT2D eigenvalue weighted by atomic mass is 19.3. The first-order valence-electron chi connectivity index (χ1n) is 4.08. The number of phenolic OH excluding ortho intramolecular Hbond substituents is 1. The number of nitrogens with zero attached hydrogens (tertiary/aromatic N) is 1. The van der Waals surface area contributed by atoms with E-state index in [-0.39, 0.29) is 17.1 Å². The molecule has 0 amide bonds. The number of hydrogen-bond donors (Lipinski definition) is 1. The zero-order valence-corrected chi connectivity index (χ0v) is 7.84. The first-order chi connectivity index (χ1) is 7.49. The Morgan fingerprint density at radius 1 is 1.50 bits per heavy atom. The highest BCUT2D eigenvalue weighted by molar-refractivity contribution is 5.58. The lowest BCUT2D eigenvalue weighted by molar-refractivity contribution is -0.400. The molecule has 1 rings (SSSR count). The van der Waals surface area contributed by atoms with Crippen LogP contribution in [0.4, 0.5) is 8.78 Å². The smallest absolute Gasteiger partial charge is 0.387 e. The summed E-state index contributed by atoms with van der Waals surface area (Å²) in [5.41, 5.74) is -0.00278. The van der Waals surface area contributed by atoms with Crippen molar-refractivity contribution in [2.24, 2.45) is 0 Å². The molecule has 0 saturated heterocycles. The molecule has 0 radical (unpaired) electrons. The summed E-state index contributed by atoms with van der Waals surface area (Å²) in [5, 5.41) is 19.1. The number of ether oxygens (including phenoxy) is 1. The lowest BCUT2D eigenvalue weighted by atomic mass is 10.2. The number of rotatable bonds is 4. The van der Waals surface area contributed by atoms with Gasteiger partial charge in [-0.25, -0.2) is 0 Å².